The Bertz CT molecular complexity index is 796. The van der Waals surface area contributed by atoms with Crippen LogP contribution in [0.25, 0.3) is 0 Å². The van der Waals surface area contributed by atoms with E-state index in [1.54, 1.807) is 20.2 Å². The molecule has 8 heteroatoms. The van der Waals surface area contributed by atoms with Gasteiger partial charge in [-0.1, -0.05) is 11.8 Å². The Kier molecular flexibility index (Phi) is 8.21. The molecule has 1 aromatic rings. The van der Waals surface area contributed by atoms with Crippen molar-refractivity contribution in [3.05, 3.63) is 15.8 Å². The molecule has 154 valence electrons. The Balaban J connectivity index is 3.61. The van der Waals surface area contributed by atoms with Crippen molar-refractivity contribution in [2.45, 2.75) is 33.7 Å². The van der Waals surface area contributed by atoms with Crippen LogP contribution in [0, 0.1) is 17.3 Å². The number of nitrogens with zero attached hydrogens (tertiary/aromatic N) is 2. The predicted molar refractivity (Wildman–Crippen MR) is 110 cm³/mol. The van der Waals surface area contributed by atoms with E-state index in [0.717, 1.165) is 11.3 Å². The Morgan fingerprint density at radius 1 is 1.21 bits per heavy atom. The van der Waals surface area contributed by atoms with Crippen molar-refractivity contribution in [3.8, 4) is 11.8 Å². The minimum atomic E-state index is -0.918. The van der Waals surface area contributed by atoms with Gasteiger partial charge in [-0.2, -0.15) is 0 Å². The molecule has 28 heavy (non-hydrogen) atoms. The first-order chi connectivity index (χ1) is 12.9. The van der Waals surface area contributed by atoms with E-state index >= 15 is 0 Å². The summed E-state index contributed by atoms with van der Waals surface area (Å²) in [6.45, 7) is 7.24. The van der Waals surface area contributed by atoms with Crippen LogP contribution >= 0.6 is 11.3 Å². The fourth-order valence-electron chi connectivity index (χ4n) is 2.38. The molecule has 0 N–H and O–H groups in total. The zero-order valence-corrected chi connectivity index (χ0v) is 18.5. The zero-order valence-electron chi connectivity index (χ0n) is 17.7. The van der Waals surface area contributed by atoms with Crippen molar-refractivity contribution in [3.63, 3.8) is 0 Å². The van der Waals surface area contributed by atoms with E-state index in [1.807, 2.05) is 20.8 Å². The molecule has 1 unspecified atom stereocenters. The molecule has 1 atom stereocenters. The quantitative estimate of drug-likeness (QED) is 0.534. The van der Waals surface area contributed by atoms with Gasteiger partial charge in [-0.3, -0.25) is 14.5 Å². The number of hydrogen-bond acceptors (Lipinski definition) is 6. The van der Waals surface area contributed by atoms with Gasteiger partial charge < -0.3 is 14.4 Å². The lowest BCUT2D eigenvalue weighted by Crippen LogP contribution is -2.51. The standard InChI is InChI=1S/C20H28N2O5S/c1-13(23)22(16(12-26-7)18(24)21(5)6)15-11-14(9-10-20(2,3)4)28-17(15)19(25)27-8/h11,16H,12H2,1-8H3. The third kappa shape index (κ3) is 6.08. The fraction of sp³-hybridized carbons (Fsp3) is 0.550. The van der Waals surface area contributed by atoms with Crippen molar-refractivity contribution in [1.82, 2.24) is 4.90 Å². The van der Waals surface area contributed by atoms with Crippen LogP contribution in [0.1, 0.15) is 42.2 Å². The second kappa shape index (κ2) is 9.71. The number of esters is 1. The van der Waals surface area contributed by atoms with Crippen LogP contribution in [0.3, 0.4) is 0 Å². The van der Waals surface area contributed by atoms with E-state index in [-0.39, 0.29) is 22.8 Å². The van der Waals surface area contributed by atoms with Gasteiger partial charge >= 0.3 is 5.97 Å². The summed E-state index contributed by atoms with van der Waals surface area (Å²) in [4.78, 5) is 41.0. The Labute approximate surface area is 170 Å². The summed E-state index contributed by atoms with van der Waals surface area (Å²) in [5, 5.41) is 0. The largest absolute Gasteiger partial charge is 0.465 e. The van der Waals surface area contributed by atoms with Crippen LogP contribution in [0.4, 0.5) is 5.69 Å². The van der Waals surface area contributed by atoms with Gasteiger partial charge in [-0.05, 0) is 26.8 Å². The van der Waals surface area contributed by atoms with Gasteiger partial charge in [0.05, 0.1) is 24.3 Å². The average molecular weight is 409 g/mol. The minimum absolute atomic E-state index is 0.0178. The number of carbonyl (C=O) groups excluding carboxylic acids is 3. The second-order valence-corrected chi connectivity index (χ2v) is 8.46. The number of rotatable bonds is 6. The summed E-state index contributed by atoms with van der Waals surface area (Å²) in [5.41, 5.74) is 0.0646. The summed E-state index contributed by atoms with van der Waals surface area (Å²) < 4.78 is 10.0. The lowest BCUT2D eigenvalue weighted by molar-refractivity contribution is -0.133. The summed E-state index contributed by atoms with van der Waals surface area (Å²) >= 11 is 1.13. The summed E-state index contributed by atoms with van der Waals surface area (Å²) in [6, 6.07) is 0.724. The molecule has 0 aliphatic carbocycles. The molecule has 1 heterocycles. The highest BCUT2D eigenvalue weighted by atomic mass is 32.1. The van der Waals surface area contributed by atoms with Crippen molar-refractivity contribution in [2.24, 2.45) is 5.41 Å². The average Bonchev–Trinajstić information content (AvgIpc) is 3.01. The molecule has 0 saturated carbocycles. The van der Waals surface area contributed by atoms with Gasteiger partial charge in [0.25, 0.3) is 0 Å². The van der Waals surface area contributed by atoms with Crippen LogP contribution in [0.2, 0.25) is 0 Å². The molecule has 0 bridgehead atoms. The molecular weight excluding hydrogens is 380 g/mol. The summed E-state index contributed by atoms with van der Waals surface area (Å²) in [5.74, 6) is 4.84. The fourth-order valence-corrected chi connectivity index (χ4v) is 3.30. The second-order valence-electron chi connectivity index (χ2n) is 7.41. The minimum Gasteiger partial charge on any atom is -0.465 e. The molecule has 0 spiro atoms. The molecule has 0 saturated heterocycles. The lowest BCUT2D eigenvalue weighted by atomic mass is 9.98. The normalized spacial score (nSPS) is 11.9. The number of amides is 2. The monoisotopic (exact) mass is 408 g/mol. The maximum atomic E-state index is 12.7. The number of likely N-dealkylation sites (N-methyl/N-ethyl adjacent to an activating group) is 1. The molecular formula is C20H28N2O5S. The maximum absolute atomic E-state index is 12.7. The first-order valence-electron chi connectivity index (χ1n) is 8.68. The van der Waals surface area contributed by atoms with Crippen LogP contribution in [0.15, 0.2) is 6.07 Å². The molecule has 1 rings (SSSR count). The molecule has 1 aromatic heterocycles. The van der Waals surface area contributed by atoms with Gasteiger partial charge in [-0.25, -0.2) is 4.79 Å². The molecule has 2 amide bonds. The van der Waals surface area contributed by atoms with Crippen LogP contribution < -0.4 is 4.90 Å². The molecule has 7 nitrogen and oxygen atoms in total. The maximum Gasteiger partial charge on any atom is 0.350 e. The highest BCUT2D eigenvalue weighted by Crippen LogP contribution is 2.33. The number of methoxy groups -OCH3 is 2. The third-order valence-corrected chi connectivity index (χ3v) is 4.62. The topological polar surface area (TPSA) is 76.2 Å². The van der Waals surface area contributed by atoms with Crippen LogP contribution in [-0.2, 0) is 19.1 Å². The van der Waals surface area contributed by atoms with Gasteiger partial charge in [0.1, 0.15) is 10.9 Å². The zero-order chi connectivity index (χ0) is 21.6. The van der Waals surface area contributed by atoms with Crippen molar-refractivity contribution >= 4 is 34.8 Å². The number of carbonyl (C=O) groups is 3. The van der Waals surface area contributed by atoms with E-state index in [9.17, 15) is 14.4 Å². The van der Waals surface area contributed by atoms with Gasteiger partial charge in [0.2, 0.25) is 11.8 Å². The smallest absolute Gasteiger partial charge is 0.350 e. The number of ether oxygens (including phenoxy) is 2. The number of thiophene rings is 1. The van der Waals surface area contributed by atoms with Gasteiger partial charge in [0.15, 0.2) is 0 Å². The number of anilines is 1. The van der Waals surface area contributed by atoms with Crippen LogP contribution in [0.5, 0.6) is 0 Å². The first-order valence-corrected chi connectivity index (χ1v) is 9.49. The highest BCUT2D eigenvalue weighted by molar-refractivity contribution is 7.15. The number of hydrogen-bond donors (Lipinski definition) is 0. The van der Waals surface area contributed by atoms with Crippen LogP contribution in [-0.4, -0.2) is 63.6 Å². The molecule has 0 aromatic carbocycles. The Morgan fingerprint density at radius 3 is 2.25 bits per heavy atom. The molecule has 0 aliphatic rings. The van der Waals surface area contributed by atoms with E-state index in [2.05, 4.69) is 11.8 Å². The van der Waals surface area contributed by atoms with E-state index in [4.69, 9.17) is 9.47 Å². The first kappa shape index (κ1) is 23.7. The SMILES string of the molecule is COCC(C(=O)N(C)C)N(C(C)=O)c1cc(C#CC(C)(C)C)sc1C(=O)OC. The molecule has 0 aliphatic heterocycles. The van der Waals surface area contributed by atoms with E-state index in [1.165, 1.54) is 30.9 Å². The molecule has 0 radical (unpaired) electrons. The van der Waals surface area contributed by atoms with E-state index < -0.39 is 17.9 Å². The van der Waals surface area contributed by atoms with Crippen molar-refractivity contribution in [2.75, 3.05) is 39.8 Å². The van der Waals surface area contributed by atoms with Gasteiger partial charge in [-0.15, -0.1) is 11.3 Å². The van der Waals surface area contributed by atoms with Crippen molar-refractivity contribution in [1.29, 1.82) is 0 Å². The molecule has 0 fully saturated rings. The predicted octanol–water partition coefficient (Wildman–Crippen LogP) is 2.39. The Hall–Kier alpha value is -2.37. The van der Waals surface area contributed by atoms with Gasteiger partial charge in [0, 0.05) is 33.5 Å². The highest BCUT2D eigenvalue weighted by Gasteiger charge is 2.34. The van der Waals surface area contributed by atoms with E-state index in [0.29, 0.717) is 10.6 Å². The Morgan fingerprint density at radius 2 is 1.82 bits per heavy atom. The summed E-state index contributed by atoms with van der Waals surface area (Å²) in [7, 11) is 5.90. The summed E-state index contributed by atoms with van der Waals surface area (Å²) in [6.07, 6.45) is 0. The van der Waals surface area contributed by atoms with Crippen molar-refractivity contribution < 1.29 is 23.9 Å². The third-order valence-electron chi connectivity index (χ3n) is 3.60. The lowest BCUT2D eigenvalue weighted by Gasteiger charge is -2.31.